The van der Waals surface area contributed by atoms with Crippen molar-refractivity contribution in [3.05, 3.63) is 88.5 Å². The van der Waals surface area contributed by atoms with Crippen molar-refractivity contribution in [3.8, 4) is 17.6 Å². The third-order valence-corrected chi connectivity index (χ3v) is 6.24. The summed E-state index contributed by atoms with van der Waals surface area (Å²) in [6, 6.07) is 15.8. The molecule has 0 saturated heterocycles. The van der Waals surface area contributed by atoms with Gasteiger partial charge in [0, 0.05) is 5.56 Å². The highest BCUT2D eigenvalue weighted by Crippen LogP contribution is 2.32. The Labute approximate surface area is 199 Å². The fraction of sp³-hybridized carbons (Fsp3) is 0.310. The summed E-state index contributed by atoms with van der Waals surface area (Å²) in [5.74, 6) is 5.79. The van der Waals surface area contributed by atoms with Crippen LogP contribution in [-0.2, 0) is 12.8 Å². The molecule has 0 saturated carbocycles. The van der Waals surface area contributed by atoms with Gasteiger partial charge in [0.05, 0.1) is 24.0 Å². The zero-order valence-corrected chi connectivity index (χ0v) is 19.6. The Morgan fingerprint density at radius 2 is 1.65 bits per heavy atom. The van der Waals surface area contributed by atoms with Gasteiger partial charge in [-0.1, -0.05) is 38.0 Å². The van der Waals surface area contributed by atoms with Crippen molar-refractivity contribution in [1.29, 1.82) is 0 Å². The molecule has 1 unspecified atom stereocenters. The monoisotopic (exact) mass is 458 g/mol. The van der Waals surface area contributed by atoms with E-state index >= 15 is 4.39 Å². The van der Waals surface area contributed by atoms with Crippen LogP contribution in [0, 0.1) is 29.4 Å². The molecule has 34 heavy (non-hydrogen) atoms. The van der Waals surface area contributed by atoms with E-state index < -0.39 is 11.6 Å². The number of rotatable bonds is 6. The summed E-state index contributed by atoms with van der Waals surface area (Å²) in [7, 11) is 1.61. The van der Waals surface area contributed by atoms with Crippen LogP contribution in [0.4, 0.5) is 20.2 Å². The van der Waals surface area contributed by atoms with Gasteiger partial charge in [-0.25, -0.2) is 8.78 Å². The van der Waals surface area contributed by atoms with Gasteiger partial charge in [-0.05, 0) is 90.9 Å². The van der Waals surface area contributed by atoms with E-state index in [0.717, 1.165) is 43.4 Å². The van der Waals surface area contributed by atoms with E-state index in [-0.39, 0.29) is 5.56 Å². The lowest BCUT2D eigenvalue weighted by Crippen LogP contribution is -2.17. The zero-order chi connectivity index (χ0) is 23.9. The summed E-state index contributed by atoms with van der Waals surface area (Å²) < 4.78 is 34.9. The number of benzene rings is 3. The van der Waals surface area contributed by atoms with Gasteiger partial charge in [-0.3, -0.25) is 0 Å². The van der Waals surface area contributed by atoms with Crippen molar-refractivity contribution in [1.82, 2.24) is 0 Å². The number of azo groups is 1. The maximum atomic E-state index is 15.1. The molecule has 0 aliphatic heterocycles. The first kappa shape index (κ1) is 23.6. The highest BCUT2D eigenvalue weighted by Gasteiger charge is 2.24. The van der Waals surface area contributed by atoms with Crippen LogP contribution in [0.1, 0.15) is 54.9 Å². The molecule has 3 aromatic carbocycles. The summed E-state index contributed by atoms with van der Waals surface area (Å²) in [5.41, 5.74) is 3.31. The maximum absolute atomic E-state index is 15.1. The number of hydrogen-bond donors (Lipinski definition) is 0. The van der Waals surface area contributed by atoms with Crippen LogP contribution >= 0.6 is 0 Å². The third kappa shape index (κ3) is 5.69. The van der Waals surface area contributed by atoms with Crippen molar-refractivity contribution in [2.75, 3.05) is 7.11 Å². The molecule has 0 radical (unpaired) electrons. The smallest absolute Gasteiger partial charge is 0.145 e. The van der Waals surface area contributed by atoms with Crippen molar-refractivity contribution in [3.63, 3.8) is 0 Å². The lowest BCUT2D eigenvalue weighted by molar-refractivity contribution is 0.402. The number of halogens is 2. The lowest BCUT2D eigenvalue weighted by atomic mass is 9.80. The molecule has 1 aliphatic rings. The second-order valence-electron chi connectivity index (χ2n) is 8.63. The van der Waals surface area contributed by atoms with E-state index in [1.165, 1.54) is 6.07 Å². The van der Waals surface area contributed by atoms with Gasteiger partial charge in [0.25, 0.3) is 0 Å². The van der Waals surface area contributed by atoms with Gasteiger partial charge in [0.2, 0.25) is 0 Å². The molecule has 0 aromatic heterocycles. The van der Waals surface area contributed by atoms with Gasteiger partial charge in [-0.2, -0.15) is 10.2 Å². The van der Waals surface area contributed by atoms with Crippen molar-refractivity contribution in [2.24, 2.45) is 16.1 Å². The van der Waals surface area contributed by atoms with Crippen molar-refractivity contribution >= 4 is 11.4 Å². The molecule has 1 aliphatic carbocycles. The highest BCUT2D eigenvalue weighted by molar-refractivity contribution is 5.50. The van der Waals surface area contributed by atoms with Crippen molar-refractivity contribution in [2.45, 2.75) is 45.4 Å². The molecule has 5 heteroatoms. The fourth-order valence-electron chi connectivity index (χ4n) is 4.29. The number of fused-ring (bicyclic) bond motifs is 1. The van der Waals surface area contributed by atoms with Gasteiger partial charge in [0.1, 0.15) is 17.4 Å². The standard InChI is InChI=1S/C29H28F2N2O/c1-3-4-5-21-9-16-26-22(18-21)19-28(30)27(29(26)31)17-8-20-6-10-23(11-7-20)32-33-24-12-14-25(34-2)15-13-24/h6-7,10-15,19,21H,3-5,9,16,18H2,1-2H3. The van der Waals surface area contributed by atoms with Crippen LogP contribution in [0.2, 0.25) is 0 Å². The summed E-state index contributed by atoms with van der Waals surface area (Å²) in [5, 5.41) is 8.40. The summed E-state index contributed by atoms with van der Waals surface area (Å²) >= 11 is 0. The van der Waals surface area contributed by atoms with Crippen LogP contribution < -0.4 is 4.74 Å². The van der Waals surface area contributed by atoms with Crippen LogP contribution in [-0.4, -0.2) is 7.11 Å². The summed E-state index contributed by atoms with van der Waals surface area (Å²) in [6.07, 6.45) is 5.79. The Kier molecular flexibility index (Phi) is 7.69. The second kappa shape index (κ2) is 11.1. The van der Waals surface area contributed by atoms with Gasteiger partial charge in [0.15, 0.2) is 0 Å². The molecule has 0 fully saturated rings. The van der Waals surface area contributed by atoms with Crippen LogP contribution in [0.3, 0.4) is 0 Å². The second-order valence-corrected chi connectivity index (χ2v) is 8.63. The Morgan fingerprint density at radius 3 is 2.29 bits per heavy atom. The first-order chi connectivity index (χ1) is 16.6. The van der Waals surface area contributed by atoms with Crippen molar-refractivity contribution < 1.29 is 13.5 Å². The molecule has 3 aromatic rings. The largest absolute Gasteiger partial charge is 0.497 e. The van der Waals surface area contributed by atoms with E-state index in [4.69, 9.17) is 4.74 Å². The molecule has 4 rings (SSSR count). The molecule has 0 amide bonds. The van der Waals surface area contributed by atoms with Gasteiger partial charge >= 0.3 is 0 Å². The van der Waals surface area contributed by atoms with Crippen LogP contribution in [0.25, 0.3) is 0 Å². The van der Waals surface area contributed by atoms with Crippen LogP contribution in [0.15, 0.2) is 64.8 Å². The molecule has 1 atom stereocenters. The molecular formula is C29H28F2N2O. The Balaban J connectivity index is 1.47. The molecule has 0 heterocycles. The average molecular weight is 459 g/mol. The number of hydrogen-bond acceptors (Lipinski definition) is 3. The van der Waals surface area contributed by atoms with E-state index in [0.29, 0.717) is 34.8 Å². The number of nitrogens with zero attached hydrogens (tertiary/aromatic N) is 2. The predicted molar refractivity (Wildman–Crippen MR) is 131 cm³/mol. The Bertz CT molecular complexity index is 1220. The molecule has 174 valence electrons. The molecule has 0 spiro atoms. The first-order valence-corrected chi connectivity index (χ1v) is 11.7. The number of ether oxygens (including phenoxy) is 1. The molecular weight excluding hydrogens is 430 g/mol. The third-order valence-electron chi connectivity index (χ3n) is 6.24. The minimum atomic E-state index is -0.579. The minimum absolute atomic E-state index is 0.144. The van der Waals surface area contributed by atoms with E-state index in [2.05, 4.69) is 29.0 Å². The SMILES string of the molecule is CCCCC1CCc2c(cc(F)c(C#Cc3ccc(N=Nc4ccc(OC)cc4)cc3)c2F)C1. The topological polar surface area (TPSA) is 34.0 Å². The quantitative estimate of drug-likeness (QED) is 0.271. The predicted octanol–water partition coefficient (Wildman–Crippen LogP) is 8.08. The maximum Gasteiger partial charge on any atom is 0.145 e. The van der Waals surface area contributed by atoms with E-state index in [1.54, 1.807) is 31.4 Å². The lowest BCUT2D eigenvalue weighted by Gasteiger charge is -2.25. The average Bonchev–Trinajstić information content (AvgIpc) is 2.87. The highest BCUT2D eigenvalue weighted by atomic mass is 19.1. The van der Waals surface area contributed by atoms with E-state index in [9.17, 15) is 4.39 Å². The zero-order valence-electron chi connectivity index (χ0n) is 19.6. The minimum Gasteiger partial charge on any atom is -0.497 e. The number of unbranched alkanes of at least 4 members (excludes halogenated alkanes) is 1. The van der Waals surface area contributed by atoms with E-state index in [1.807, 2.05) is 24.3 Å². The van der Waals surface area contributed by atoms with Crippen LogP contribution in [0.5, 0.6) is 5.75 Å². The van der Waals surface area contributed by atoms with Gasteiger partial charge in [-0.15, -0.1) is 0 Å². The Morgan fingerprint density at radius 1 is 0.971 bits per heavy atom. The molecule has 0 bridgehead atoms. The summed E-state index contributed by atoms with van der Waals surface area (Å²) in [4.78, 5) is 0. The molecule has 3 nitrogen and oxygen atoms in total. The normalized spacial score (nSPS) is 15.0. The van der Waals surface area contributed by atoms with Gasteiger partial charge < -0.3 is 4.74 Å². The first-order valence-electron chi connectivity index (χ1n) is 11.7. The summed E-state index contributed by atoms with van der Waals surface area (Å²) in [6.45, 7) is 2.17. The number of methoxy groups -OCH3 is 1. The molecule has 0 N–H and O–H groups in total. The Hall–Kier alpha value is -3.52. The fourth-order valence-corrected chi connectivity index (χ4v) is 4.29.